The van der Waals surface area contributed by atoms with Gasteiger partial charge in [0, 0.05) is 10.6 Å². The van der Waals surface area contributed by atoms with E-state index in [1.54, 1.807) is 91.0 Å². The van der Waals surface area contributed by atoms with Crippen LogP contribution >= 0.6 is 7.14 Å². The molecule has 212 valence electrons. The summed E-state index contributed by atoms with van der Waals surface area (Å²) >= 11 is 0. The molecule has 0 heterocycles. The smallest absolute Gasteiger partial charge is 0.338 e. The summed E-state index contributed by atoms with van der Waals surface area (Å²) < 4.78 is 21.4. The molecule has 0 unspecified atom stereocenters. The Labute approximate surface area is 246 Å². The standard InChI is InChI=1S/C36H33O5P/c37-32(35(28-18-8-2-9-19-28)41-36(39)29-20-10-3-11-21-29)26-33(34(38)27-16-6-1-7-17-27)42(40,30-22-12-4-13-23-30)31-24-14-5-15-25-31/h1-25,32-35,37-38H,26H2/t32-,33-,34-,35-/m0/s1. The molecule has 4 atom stereocenters. The van der Waals surface area contributed by atoms with Gasteiger partial charge in [0.25, 0.3) is 0 Å². The molecule has 0 spiro atoms. The molecule has 5 nitrogen and oxygen atoms in total. The molecule has 0 fully saturated rings. The first-order chi connectivity index (χ1) is 20.5. The quantitative estimate of drug-likeness (QED) is 0.139. The zero-order chi connectivity index (χ0) is 29.4. The number of rotatable bonds is 11. The number of benzene rings is 5. The Morgan fingerprint density at radius 3 is 1.48 bits per heavy atom. The van der Waals surface area contributed by atoms with E-state index in [0.717, 1.165) is 0 Å². The predicted molar refractivity (Wildman–Crippen MR) is 167 cm³/mol. The Balaban J connectivity index is 1.60. The monoisotopic (exact) mass is 576 g/mol. The molecule has 6 heteroatoms. The van der Waals surface area contributed by atoms with Gasteiger partial charge >= 0.3 is 5.97 Å². The van der Waals surface area contributed by atoms with Crippen molar-refractivity contribution >= 4 is 23.7 Å². The molecule has 5 aromatic rings. The van der Waals surface area contributed by atoms with E-state index in [9.17, 15) is 15.0 Å². The second-order valence-electron chi connectivity index (χ2n) is 10.2. The fraction of sp³-hybridized carbons (Fsp3) is 0.139. The van der Waals surface area contributed by atoms with E-state index in [2.05, 4.69) is 0 Å². The van der Waals surface area contributed by atoms with Crippen molar-refractivity contribution in [2.45, 2.75) is 30.4 Å². The first kappa shape index (κ1) is 29.2. The topological polar surface area (TPSA) is 83.8 Å². The lowest BCUT2D eigenvalue weighted by Crippen LogP contribution is -2.36. The van der Waals surface area contributed by atoms with Crippen LogP contribution in [-0.4, -0.2) is 27.9 Å². The Hall–Kier alpha value is -4.28. The van der Waals surface area contributed by atoms with Gasteiger partial charge in [0.15, 0.2) is 6.10 Å². The maximum atomic E-state index is 15.5. The van der Waals surface area contributed by atoms with Gasteiger partial charge in [0.1, 0.15) is 7.14 Å². The minimum atomic E-state index is -3.58. The van der Waals surface area contributed by atoms with Crippen LogP contribution in [0.25, 0.3) is 0 Å². The van der Waals surface area contributed by atoms with E-state index >= 15 is 4.57 Å². The molecule has 0 aromatic heterocycles. The molecule has 2 N–H and O–H groups in total. The van der Waals surface area contributed by atoms with Crippen LogP contribution < -0.4 is 10.6 Å². The molecule has 0 aliphatic rings. The molecule has 5 rings (SSSR count). The number of hydrogen-bond donors (Lipinski definition) is 2. The van der Waals surface area contributed by atoms with Gasteiger partial charge in [-0.3, -0.25) is 0 Å². The number of aliphatic hydroxyl groups excluding tert-OH is 2. The van der Waals surface area contributed by atoms with Crippen LogP contribution in [0.15, 0.2) is 152 Å². The number of carbonyl (C=O) groups excluding carboxylic acids is 1. The molecule has 0 aliphatic carbocycles. The van der Waals surface area contributed by atoms with Crippen molar-refractivity contribution in [2.24, 2.45) is 0 Å². The van der Waals surface area contributed by atoms with Gasteiger partial charge in [-0.15, -0.1) is 0 Å². The Bertz CT molecular complexity index is 1550. The van der Waals surface area contributed by atoms with Crippen LogP contribution in [0.5, 0.6) is 0 Å². The molecule has 0 saturated heterocycles. The molecule has 0 radical (unpaired) electrons. The summed E-state index contributed by atoms with van der Waals surface area (Å²) in [5.74, 6) is -0.585. The van der Waals surface area contributed by atoms with E-state index in [1.807, 2.05) is 60.7 Å². The third-order valence-corrected chi connectivity index (χ3v) is 11.0. The number of esters is 1. The minimum absolute atomic E-state index is 0.112. The molecule has 5 aromatic carbocycles. The fourth-order valence-electron chi connectivity index (χ4n) is 5.32. The Kier molecular flexibility index (Phi) is 9.45. The lowest BCUT2D eigenvalue weighted by atomic mass is 9.96. The Morgan fingerprint density at radius 1 is 0.595 bits per heavy atom. The van der Waals surface area contributed by atoms with Gasteiger partial charge in [0.2, 0.25) is 0 Å². The third kappa shape index (κ3) is 6.45. The third-order valence-electron chi connectivity index (χ3n) is 7.46. The number of carbonyl (C=O) groups is 1. The molecule has 0 aliphatic heterocycles. The van der Waals surface area contributed by atoms with Crippen molar-refractivity contribution in [2.75, 3.05) is 0 Å². The van der Waals surface area contributed by atoms with Crippen LogP contribution in [0, 0.1) is 0 Å². The molecule has 0 saturated carbocycles. The molecular weight excluding hydrogens is 543 g/mol. The van der Waals surface area contributed by atoms with Gasteiger partial charge in [-0.05, 0) is 29.7 Å². The molecule has 0 amide bonds. The predicted octanol–water partition coefficient (Wildman–Crippen LogP) is 6.45. The number of aliphatic hydroxyl groups is 2. The summed E-state index contributed by atoms with van der Waals surface area (Å²) in [4.78, 5) is 13.2. The van der Waals surface area contributed by atoms with Crippen LogP contribution in [-0.2, 0) is 9.30 Å². The normalized spacial score (nSPS) is 14.3. The van der Waals surface area contributed by atoms with Gasteiger partial charge in [-0.25, -0.2) is 4.79 Å². The van der Waals surface area contributed by atoms with Crippen molar-refractivity contribution in [3.05, 3.63) is 168 Å². The SMILES string of the molecule is O=C(O[C@@H](c1ccccc1)[C@@H](O)C[C@@H]([C@@H](O)c1ccccc1)P(=O)(c1ccccc1)c1ccccc1)c1ccccc1. The zero-order valence-corrected chi connectivity index (χ0v) is 23.9. The maximum Gasteiger partial charge on any atom is 0.338 e. The number of ether oxygens (including phenoxy) is 1. The van der Waals surface area contributed by atoms with Crippen LogP contribution in [0.2, 0.25) is 0 Å². The van der Waals surface area contributed by atoms with Crippen molar-refractivity contribution in [3.8, 4) is 0 Å². The van der Waals surface area contributed by atoms with E-state index in [4.69, 9.17) is 4.74 Å². The van der Waals surface area contributed by atoms with Crippen molar-refractivity contribution < 1.29 is 24.3 Å². The average molecular weight is 577 g/mol. The highest BCUT2D eigenvalue weighted by Gasteiger charge is 2.44. The second kappa shape index (κ2) is 13.6. The molecule has 0 bridgehead atoms. The van der Waals surface area contributed by atoms with Crippen molar-refractivity contribution in [1.29, 1.82) is 0 Å². The molecule has 42 heavy (non-hydrogen) atoms. The summed E-state index contributed by atoms with van der Waals surface area (Å²) in [5.41, 5.74) is 0.586. The van der Waals surface area contributed by atoms with Gasteiger partial charge in [-0.2, -0.15) is 0 Å². The van der Waals surface area contributed by atoms with Crippen LogP contribution in [0.4, 0.5) is 0 Å². The first-order valence-electron chi connectivity index (χ1n) is 13.9. The zero-order valence-electron chi connectivity index (χ0n) is 23.0. The van der Waals surface area contributed by atoms with E-state index in [-0.39, 0.29) is 6.42 Å². The Morgan fingerprint density at radius 2 is 1.00 bits per heavy atom. The second-order valence-corrected chi connectivity index (χ2v) is 13.2. The lowest BCUT2D eigenvalue weighted by Gasteiger charge is -2.35. The summed E-state index contributed by atoms with van der Waals surface area (Å²) in [7, 11) is -3.58. The summed E-state index contributed by atoms with van der Waals surface area (Å²) in [6, 6.07) is 44.9. The highest BCUT2D eigenvalue weighted by atomic mass is 31.2. The lowest BCUT2D eigenvalue weighted by molar-refractivity contribution is -0.0261. The van der Waals surface area contributed by atoms with E-state index < -0.39 is 37.1 Å². The fourth-order valence-corrected chi connectivity index (χ4v) is 8.70. The maximum absolute atomic E-state index is 15.5. The van der Waals surface area contributed by atoms with Crippen molar-refractivity contribution in [1.82, 2.24) is 0 Å². The molecular formula is C36H33O5P. The van der Waals surface area contributed by atoms with Gasteiger partial charge < -0.3 is 19.5 Å². The highest BCUT2D eigenvalue weighted by molar-refractivity contribution is 7.79. The van der Waals surface area contributed by atoms with Crippen molar-refractivity contribution in [3.63, 3.8) is 0 Å². The number of hydrogen-bond acceptors (Lipinski definition) is 5. The average Bonchev–Trinajstić information content (AvgIpc) is 3.07. The highest BCUT2D eigenvalue weighted by Crippen LogP contribution is 2.55. The summed E-state index contributed by atoms with van der Waals surface area (Å²) in [6.45, 7) is 0. The van der Waals surface area contributed by atoms with E-state index in [0.29, 0.717) is 27.3 Å². The van der Waals surface area contributed by atoms with Crippen LogP contribution in [0.3, 0.4) is 0 Å². The van der Waals surface area contributed by atoms with E-state index in [1.165, 1.54) is 0 Å². The summed E-state index contributed by atoms with van der Waals surface area (Å²) in [5, 5.41) is 24.9. The first-order valence-corrected chi connectivity index (χ1v) is 15.7. The van der Waals surface area contributed by atoms with Crippen LogP contribution in [0.1, 0.15) is 40.1 Å². The largest absolute Gasteiger partial charge is 0.451 e. The minimum Gasteiger partial charge on any atom is -0.451 e. The van der Waals surface area contributed by atoms with Gasteiger partial charge in [-0.1, -0.05) is 140 Å². The summed E-state index contributed by atoms with van der Waals surface area (Å²) in [6.07, 6.45) is -3.65. The van der Waals surface area contributed by atoms with Gasteiger partial charge in [0.05, 0.1) is 23.4 Å².